The van der Waals surface area contributed by atoms with Gasteiger partial charge in [0, 0.05) is 5.39 Å². The Morgan fingerprint density at radius 3 is 2.94 bits per heavy atom. The number of fused-ring (bicyclic) bond motifs is 1. The second-order valence-electron chi connectivity index (χ2n) is 3.29. The molecule has 1 aromatic carbocycles. The fourth-order valence-corrected chi connectivity index (χ4v) is 1.69. The van der Waals surface area contributed by atoms with E-state index in [1.54, 1.807) is 19.1 Å². The van der Waals surface area contributed by atoms with Crippen LogP contribution in [0, 0.1) is 0 Å². The van der Waals surface area contributed by atoms with Gasteiger partial charge in [0.25, 0.3) is 5.78 Å². The summed E-state index contributed by atoms with van der Waals surface area (Å²) >= 11 is 5.84. The van der Waals surface area contributed by atoms with Crippen molar-refractivity contribution < 1.29 is 14.3 Å². The molecule has 17 heavy (non-hydrogen) atoms. The van der Waals surface area contributed by atoms with Crippen molar-refractivity contribution in [3.05, 3.63) is 28.9 Å². The third-order valence-electron chi connectivity index (χ3n) is 2.24. The van der Waals surface area contributed by atoms with E-state index in [2.05, 4.69) is 14.9 Å². The second kappa shape index (κ2) is 4.55. The first kappa shape index (κ1) is 11.6. The van der Waals surface area contributed by atoms with E-state index in [1.807, 2.05) is 0 Å². The van der Waals surface area contributed by atoms with Crippen molar-refractivity contribution in [3.63, 3.8) is 0 Å². The van der Waals surface area contributed by atoms with Crippen LogP contribution in [0.2, 0.25) is 5.15 Å². The number of H-pyrrole nitrogens is 1. The molecule has 0 fully saturated rings. The molecule has 1 aromatic heterocycles. The van der Waals surface area contributed by atoms with Crippen molar-refractivity contribution in [1.82, 2.24) is 10.2 Å². The molecular formula is C11H9ClN2O3. The quantitative estimate of drug-likeness (QED) is 0.515. The number of carbonyl (C=O) groups excluding carboxylic acids is 2. The molecule has 5 nitrogen and oxygen atoms in total. The van der Waals surface area contributed by atoms with Gasteiger partial charge in [-0.15, -0.1) is 0 Å². The van der Waals surface area contributed by atoms with E-state index in [0.717, 1.165) is 0 Å². The van der Waals surface area contributed by atoms with Crippen LogP contribution in [0.3, 0.4) is 0 Å². The molecule has 0 unspecified atom stereocenters. The summed E-state index contributed by atoms with van der Waals surface area (Å²) in [6.45, 7) is 1.79. The number of hydrogen-bond donors (Lipinski definition) is 1. The fourth-order valence-electron chi connectivity index (χ4n) is 1.50. The summed E-state index contributed by atoms with van der Waals surface area (Å²) in [4.78, 5) is 23.1. The lowest BCUT2D eigenvalue weighted by Crippen LogP contribution is -2.17. The maximum absolute atomic E-state index is 11.8. The molecule has 0 aliphatic heterocycles. The predicted octanol–water partition coefficient (Wildman–Crippen LogP) is 1.96. The van der Waals surface area contributed by atoms with Gasteiger partial charge in [0.05, 0.1) is 12.2 Å². The summed E-state index contributed by atoms with van der Waals surface area (Å²) < 4.78 is 4.65. The monoisotopic (exact) mass is 252 g/mol. The zero-order chi connectivity index (χ0) is 12.4. The van der Waals surface area contributed by atoms with Crippen LogP contribution in [-0.4, -0.2) is 28.6 Å². The molecule has 0 aliphatic carbocycles. The molecule has 0 spiro atoms. The molecule has 0 saturated carbocycles. The topological polar surface area (TPSA) is 72.1 Å². The van der Waals surface area contributed by atoms with Crippen LogP contribution in [0.1, 0.15) is 17.3 Å². The van der Waals surface area contributed by atoms with E-state index < -0.39 is 11.8 Å². The largest absolute Gasteiger partial charge is 0.460 e. The smallest absolute Gasteiger partial charge is 0.379 e. The van der Waals surface area contributed by atoms with Gasteiger partial charge in [0.1, 0.15) is 10.7 Å². The Kier molecular flexibility index (Phi) is 3.10. The van der Waals surface area contributed by atoms with Crippen LogP contribution in [0.15, 0.2) is 18.2 Å². The molecule has 0 bridgehead atoms. The summed E-state index contributed by atoms with van der Waals surface area (Å²) in [5.41, 5.74) is 0.555. The number of halogens is 1. The number of ketones is 1. The van der Waals surface area contributed by atoms with E-state index in [-0.39, 0.29) is 12.2 Å². The molecule has 0 amide bonds. The van der Waals surface area contributed by atoms with Crippen LogP contribution in [0.4, 0.5) is 0 Å². The molecule has 2 rings (SSSR count). The van der Waals surface area contributed by atoms with E-state index in [0.29, 0.717) is 16.1 Å². The lowest BCUT2D eigenvalue weighted by molar-refractivity contribution is -0.137. The molecule has 1 N–H and O–H groups in total. The van der Waals surface area contributed by atoms with Gasteiger partial charge in [0.15, 0.2) is 0 Å². The lowest BCUT2D eigenvalue weighted by atomic mass is 10.1. The van der Waals surface area contributed by atoms with Crippen molar-refractivity contribution in [2.75, 3.05) is 6.61 Å². The fraction of sp³-hybridized carbons (Fsp3) is 0.182. The van der Waals surface area contributed by atoms with Gasteiger partial charge in [-0.05, 0) is 19.1 Å². The van der Waals surface area contributed by atoms with Gasteiger partial charge in [0.2, 0.25) is 0 Å². The second-order valence-corrected chi connectivity index (χ2v) is 3.67. The highest BCUT2D eigenvalue weighted by molar-refractivity contribution is 6.43. The van der Waals surface area contributed by atoms with Gasteiger partial charge in [-0.25, -0.2) is 4.79 Å². The number of Topliss-reactive ketones (excluding diaryl/α,β-unsaturated/α-hetero) is 1. The molecule has 6 heteroatoms. The first-order chi connectivity index (χ1) is 8.15. The minimum absolute atomic E-state index is 0.155. The standard InChI is InChI=1S/C11H9ClN2O3/c1-2-17-11(16)9(15)6-4-3-5-7-8(6)13-14-10(7)12/h3-5H,2H2,1H3,(H,13,14). The van der Waals surface area contributed by atoms with Gasteiger partial charge in [-0.1, -0.05) is 17.7 Å². The predicted molar refractivity (Wildman–Crippen MR) is 62.1 cm³/mol. The molecule has 0 radical (unpaired) electrons. The Balaban J connectivity index is 2.49. The number of hydrogen-bond acceptors (Lipinski definition) is 4. The van der Waals surface area contributed by atoms with Crippen LogP contribution >= 0.6 is 11.6 Å². The SMILES string of the molecule is CCOC(=O)C(=O)c1cccc2c(Cl)[nH]nc12. The van der Waals surface area contributed by atoms with Gasteiger partial charge >= 0.3 is 5.97 Å². The summed E-state index contributed by atoms with van der Waals surface area (Å²) in [6, 6.07) is 4.86. The van der Waals surface area contributed by atoms with Gasteiger partial charge in [-0.3, -0.25) is 9.89 Å². The van der Waals surface area contributed by atoms with Crippen LogP contribution in [0.25, 0.3) is 10.9 Å². The van der Waals surface area contributed by atoms with Crippen molar-refractivity contribution in [3.8, 4) is 0 Å². The van der Waals surface area contributed by atoms with Crippen LogP contribution < -0.4 is 0 Å². The number of carbonyl (C=O) groups is 2. The lowest BCUT2D eigenvalue weighted by Gasteiger charge is -2.01. The zero-order valence-electron chi connectivity index (χ0n) is 8.99. The Hall–Kier alpha value is -1.88. The van der Waals surface area contributed by atoms with E-state index >= 15 is 0 Å². The number of esters is 1. The number of nitrogens with zero attached hydrogens (tertiary/aromatic N) is 1. The van der Waals surface area contributed by atoms with Gasteiger partial charge in [-0.2, -0.15) is 5.10 Å². The summed E-state index contributed by atoms with van der Waals surface area (Å²) in [5.74, 6) is -1.61. The highest BCUT2D eigenvalue weighted by Gasteiger charge is 2.21. The Labute approximate surface area is 102 Å². The van der Waals surface area contributed by atoms with Gasteiger partial charge < -0.3 is 4.74 Å². The van der Waals surface area contributed by atoms with Crippen molar-refractivity contribution in [2.45, 2.75) is 6.92 Å². The number of ether oxygens (including phenoxy) is 1. The minimum Gasteiger partial charge on any atom is -0.460 e. The van der Waals surface area contributed by atoms with E-state index in [9.17, 15) is 9.59 Å². The maximum atomic E-state index is 11.8. The number of rotatable bonds is 3. The van der Waals surface area contributed by atoms with Crippen molar-refractivity contribution in [2.24, 2.45) is 0 Å². The van der Waals surface area contributed by atoms with E-state index in [4.69, 9.17) is 11.6 Å². The molecule has 88 valence electrons. The Morgan fingerprint density at radius 2 is 2.24 bits per heavy atom. The molecule has 1 heterocycles. The summed E-state index contributed by atoms with van der Waals surface area (Å²) in [6.07, 6.45) is 0. The van der Waals surface area contributed by atoms with Crippen molar-refractivity contribution in [1.29, 1.82) is 0 Å². The number of benzene rings is 1. The normalized spacial score (nSPS) is 10.5. The molecule has 0 aliphatic rings. The maximum Gasteiger partial charge on any atom is 0.379 e. The highest BCUT2D eigenvalue weighted by Crippen LogP contribution is 2.23. The third kappa shape index (κ3) is 2.01. The number of para-hydroxylation sites is 1. The highest BCUT2D eigenvalue weighted by atomic mass is 35.5. The zero-order valence-corrected chi connectivity index (χ0v) is 9.75. The average molecular weight is 253 g/mol. The van der Waals surface area contributed by atoms with Crippen molar-refractivity contribution >= 4 is 34.3 Å². The van der Waals surface area contributed by atoms with Crippen LogP contribution in [0.5, 0.6) is 0 Å². The summed E-state index contributed by atoms with van der Waals surface area (Å²) in [5, 5.41) is 7.38. The summed E-state index contributed by atoms with van der Waals surface area (Å²) in [7, 11) is 0. The first-order valence-corrected chi connectivity index (χ1v) is 5.37. The number of nitrogens with one attached hydrogen (secondary N) is 1. The number of aromatic amines is 1. The molecule has 0 saturated heterocycles. The first-order valence-electron chi connectivity index (χ1n) is 4.99. The Morgan fingerprint density at radius 1 is 1.47 bits per heavy atom. The molecule has 2 aromatic rings. The molecular weight excluding hydrogens is 244 g/mol. The molecule has 0 atom stereocenters. The third-order valence-corrected chi connectivity index (χ3v) is 2.53. The average Bonchev–Trinajstić information content (AvgIpc) is 2.71. The minimum atomic E-state index is -0.890. The van der Waals surface area contributed by atoms with Crippen LogP contribution in [-0.2, 0) is 9.53 Å². The van der Waals surface area contributed by atoms with E-state index in [1.165, 1.54) is 6.07 Å². The Bertz CT molecular complexity index is 591. The number of aromatic nitrogens is 2.